The molecule has 0 fully saturated rings. The highest BCUT2D eigenvalue weighted by Crippen LogP contribution is 2.10. The van der Waals surface area contributed by atoms with Crippen molar-refractivity contribution in [2.75, 3.05) is 17.3 Å². The summed E-state index contributed by atoms with van der Waals surface area (Å²) in [5, 5.41) is 12.1. The minimum atomic E-state index is 0.123. The lowest BCUT2D eigenvalue weighted by molar-refractivity contribution is 0.226. The average Bonchev–Trinajstić information content (AvgIpc) is 2.28. The van der Waals surface area contributed by atoms with E-state index in [1.165, 1.54) is 6.20 Å². The van der Waals surface area contributed by atoms with E-state index in [1.807, 2.05) is 13.8 Å². The van der Waals surface area contributed by atoms with Crippen LogP contribution in [0.4, 0.5) is 11.6 Å². The molecule has 0 spiro atoms. The molecule has 0 amide bonds. The van der Waals surface area contributed by atoms with E-state index in [1.54, 1.807) is 6.20 Å². The van der Waals surface area contributed by atoms with E-state index in [-0.39, 0.29) is 18.6 Å². The number of nitrogens with zero attached hydrogens (tertiary/aromatic N) is 2. The highest BCUT2D eigenvalue weighted by Gasteiger charge is 2.11. The van der Waals surface area contributed by atoms with Gasteiger partial charge < -0.3 is 15.8 Å². The van der Waals surface area contributed by atoms with E-state index in [0.717, 1.165) is 0 Å². The van der Waals surface area contributed by atoms with Crippen molar-refractivity contribution in [3.8, 4) is 0 Å². The molecule has 6 heteroatoms. The molecular formula is C9H17N5O. The average molecular weight is 211 g/mol. The summed E-state index contributed by atoms with van der Waals surface area (Å²) >= 11 is 0. The third-order valence-corrected chi connectivity index (χ3v) is 2.30. The molecule has 0 saturated carbocycles. The van der Waals surface area contributed by atoms with Gasteiger partial charge in [0, 0.05) is 12.6 Å². The summed E-state index contributed by atoms with van der Waals surface area (Å²) in [7, 11) is 0. The molecule has 1 aromatic heterocycles. The molecule has 0 radical (unpaired) electrons. The maximum absolute atomic E-state index is 8.98. The number of aromatic nitrogens is 2. The van der Waals surface area contributed by atoms with Gasteiger partial charge in [-0.2, -0.15) is 0 Å². The Morgan fingerprint density at radius 1 is 1.40 bits per heavy atom. The minimum Gasteiger partial charge on any atom is -0.396 e. The Morgan fingerprint density at radius 2 is 2.07 bits per heavy atom. The number of anilines is 2. The fraction of sp³-hybridized carbons (Fsp3) is 0.556. The van der Waals surface area contributed by atoms with E-state index in [4.69, 9.17) is 10.9 Å². The molecule has 0 saturated heterocycles. The van der Waals surface area contributed by atoms with Crippen molar-refractivity contribution in [3.05, 3.63) is 12.4 Å². The third kappa shape index (κ3) is 3.34. The number of hydrazine groups is 1. The van der Waals surface area contributed by atoms with Crippen LogP contribution in [0.15, 0.2) is 12.4 Å². The first-order valence-corrected chi connectivity index (χ1v) is 4.83. The van der Waals surface area contributed by atoms with Crippen molar-refractivity contribution in [2.24, 2.45) is 11.8 Å². The van der Waals surface area contributed by atoms with E-state index in [0.29, 0.717) is 11.6 Å². The molecule has 1 aromatic rings. The van der Waals surface area contributed by atoms with E-state index in [2.05, 4.69) is 20.7 Å². The van der Waals surface area contributed by atoms with Gasteiger partial charge in [0.2, 0.25) is 0 Å². The van der Waals surface area contributed by atoms with Gasteiger partial charge in [-0.1, -0.05) is 6.92 Å². The lowest BCUT2D eigenvalue weighted by Gasteiger charge is -2.19. The number of aliphatic hydroxyl groups is 1. The van der Waals surface area contributed by atoms with Gasteiger partial charge in [-0.3, -0.25) is 4.98 Å². The largest absolute Gasteiger partial charge is 0.396 e. The molecule has 15 heavy (non-hydrogen) atoms. The number of aliphatic hydroxyl groups excluding tert-OH is 1. The number of hydrogen-bond acceptors (Lipinski definition) is 6. The van der Waals surface area contributed by atoms with Crippen LogP contribution in [0, 0.1) is 5.92 Å². The van der Waals surface area contributed by atoms with Crippen LogP contribution < -0.4 is 16.6 Å². The monoisotopic (exact) mass is 211 g/mol. The van der Waals surface area contributed by atoms with Gasteiger partial charge in [0.25, 0.3) is 0 Å². The zero-order valence-corrected chi connectivity index (χ0v) is 8.94. The van der Waals surface area contributed by atoms with Crippen molar-refractivity contribution in [3.63, 3.8) is 0 Å². The van der Waals surface area contributed by atoms with Crippen LogP contribution in [0.3, 0.4) is 0 Å². The van der Waals surface area contributed by atoms with Crippen molar-refractivity contribution >= 4 is 11.6 Å². The standard InChI is InChI=1S/C9H17N5O/c1-6(5-15)7(2)12-8-3-11-4-9(13-8)14-10/h3-4,6-7,15H,5,10H2,1-2H3,(H2,12,13,14). The first-order chi connectivity index (χ1) is 7.17. The second-order valence-corrected chi connectivity index (χ2v) is 3.53. The normalized spacial score (nSPS) is 14.4. The molecule has 1 heterocycles. The highest BCUT2D eigenvalue weighted by atomic mass is 16.3. The first-order valence-electron chi connectivity index (χ1n) is 4.83. The predicted molar refractivity (Wildman–Crippen MR) is 59.2 cm³/mol. The molecule has 0 aromatic carbocycles. The molecule has 0 aliphatic rings. The zero-order valence-electron chi connectivity index (χ0n) is 8.94. The summed E-state index contributed by atoms with van der Waals surface area (Å²) in [4.78, 5) is 8.12. The van der Waals surface area contributed by atoms with Crippen molar-refractivity contribution in [1.82, 2.24) is 9.97 Å². The predicted octanol–water partition coefficient (Wildman–Crippen LogP) is 0.191. The molecule has 5 N–H and O–H groups in total. The summed E-state index contributed by atoms with van der Waals surface area (Å²) in [6.07, 6.45) is 3.15. The molecule has 6 nitrogen and oxygen atoms in total. The molecule has 84 valence electrons. The maximum Gasteiger partial charge on any atom is 0.160 e. The molecule has 1 rings (SSSR count). The Hall–Kier alpha value is -1.40. The Kier molecular flexibility index (Phi) is 4.26. The number of nitrogens with two attached hydrogens (primary N) is 1. The SMILES string of the molecule is CC(CO)C(C)Nc1cncc(NN)n1. The van der Waals surface area contributed by atoms with Gasteiger partial charge in [-0.15, -0.1) is 0 Å². The summed E-state index contributed by atoms with van der Waals surface area (Å²) < 4.78 is 0. The number of nitrogens with one attached hydrogen (secondary N) is 2. The van der Waals surface area contributed by atoms with Crippen molar-refractivity contribution in [1.29, 1.82) is 0 Å². The van der Waals surface area contributed by atoms with Gasteiger partial charge in [0.1, 0.15) is 5.82 Å². The second-order valence-electron chi connectivity index (χ2n) is 3.53. The second kappa shape index (κ2) is 5.47. The fourth-order valence-electron chi connectivity index (χ4n) is 1.04. The molecule has 0 aliphatic heterocycles. The molecular weight excluding hydrogens is 194 g/mol. The van der Waals surface area contributed by atoms with Crippen LogP contribution >= 0.6 is 0 Å². The van der Waals surface area contributed by atoms with Crippen molar-refractivity contribution in [2.45, 2.75) is 19.9 Å². The van der Waals surface area contributed by atoms with Gasteiger partial charge in [-0.25, -0.2) is 10.8 Å². The number of nitrogen functional groups attached to an aromatic ring is 1. The molecule has 0 aliphatic carbocycles. The Bertz CT molecular complexity index is 306. The Labute approximate surface area is 88.9 Å². The zero-order chi connectivity index (χ0) is 11.3. The van der Waals surface area contributed by atoms with Gasteiger partial charge >= 0.3 is 0 Å². The van der Waals surface area contributed by atoms with E-state index in [9.17, 15) is 0 Å². The topological polar surface area (TPSA) is 96.1 Å². The van der Waals surface area contributed by atoms with Gasteiger partial charge in [0.15, 0.2) is 5.82 Å². The minimum absolute atomic E-state index is 0.123. The first kappa shape index (κ1) is 11.7. The fourth-order valence-corrected chi connectivity index (χ4v) is 1.04. The van der Waals surface area contributed by atoms with Crippen LogP contribution in [0.2, 0.25) is 0 Å². The number of hydrogen-bond donors (Lipinski definition) is 4. The third-order valence-electron chi connectivity index (χ3n) is 2.30. The van der Waals surface area contributed by atoms with Crippen LogP contribution in [0.25, 0.3) is 0 Å². The van der Waals surface area contributed by atoms with E-state index < -0.39 is 0 Å². The van der Waals surface area contributed by atoms with Crippen molar-refractivity contribution < 1.29 is 5.11 Å². The van der Waals surface area contributed by atoms with Crippen LogP contribution in [0.1, 0.15) is 13.8 Å². The summed E-state index contributed by atoms with van der Waals surface area (Å²) in [5.74, 6) is 6.51. The number of rotatable bonds is 5. The smallest absolute Gasteiger partial charge is 0.160 e. The Morgan fingerprint density at radius 3 is 2.67 bits per heavy atom. The maximum atomic E-state index is 8.98. The highest BCUT2D eigenvalue weighted by molar-refractivity contribution is 5.41. The summed E-state index contributed by atoms with van der Waals surface area (Å²) in [6.45, 7) is 4.07. The molecule has 2 atom stereocenters. The quantitative estimate of drug-likeness (QED) is 0.410. The van der Waals surface area contributed by atoms with Gasteiger partial charge in [0.05, 0.1) is 12.4 Å². The molecule has 2 unspecified atom stereocenters. The lowest BCUT2D eigenvalue weighted by atomic mass is 10.1. The van der Waals surface area contributed by atoms with Crippen LogP contribution in [0.5, 0.6) is 0 Å². The van der Waals surface area contributed by atoms with Crippen LogP contribution in [-0.2, 0) is 0 Å². The Balaban J connectivity index is 2.63. The van der Waals surface area contributed by atoms with E-state index >= 15 is 0 Å². The summed E-state index contributed by atoms with van der Waals surface area (Å²) in [5.41, 5.74) is 2.42. The van der Waals surface area contributed by atoms with Gasteiger partial charge in [-0.05, 0) is 12.8 Å². The molecule has 0 bridgehead atoms. The van der Waals surface area contributed by atoms with Crippen LogP contribution in [-0.4, -0.2) is 27.7 Å². The lowest BCUT2D eigenvalue weighted by Crippen LogP contribution is -2.27. The summed E-state index contributed by atoms with van der Waals surface area (Å²) in [6, 6.07) is 0.123.